The standard InChI is InChI=1S/C16H15NO4S/c1-10-14(15(18)21-10)17-16(19)20-8-11-2-4-12(5-3-11)13-6-7-22-9-13/h2-7,9-10,14H,8H2,1H3,(H,17,19). The molecule has 0 spiro atoms. The Morgan fingerprint density at radius 3 is 2.64 bits per heavy atom. The van der Waals surface area contributed by atoms with Gasteiger partial charge in [0, 0.05) is 0 Å². The highest BCUT2D eigenvalue weighted by molar-refractivity contribution is 7.08. The molecule has 0 radical (unpaired) electrons. The summed E-state index contributed by atoms with van der Waals surface area (Å²) in [6, 6.07) is 9.27. The maximum absolute atomic E-state index is 11.6. The van der Waals surface area contributed by atoms with Crippen molar-refractivity contribution in [2.24, 2.45) is 0 Å². The molecule has 114 valence electrons. The number of nitrogens with one attached hydrogen (secondary N) is 1. The first kappa shape index (κ1) is 14.6. The minimum absolute atomic E-state index is 0.159. The summed E-state index contributed by atoms with van der Waals surface area (Å²) >= 11 is 1.65. The molecule has 22 heavy (non-hydrogen) atoms. The van der Waals surface area contributed by atoms with E-state index in [-0.39, 0.29) is 12.7 Å². The van der Waals surface area contributed by atoms with Crippen molar-refractivity contribution in [3.8, 4) is 11.1 Å². The molecule has 1 aliphatic heterocycles. The average Bonchev–Trinajstić information content (AvgIpc) is 3.06. The van der Waals surface area contributed by atoms with Gasteiger partial charge in [-0.3, -0.25) is 0 Å². The van der Waals surface area contributed by atoms with Crippen LogP contribution in [0.1, 0.15) is 12.5 Å². The van der Waals surface area contributed by atoms with E-state index in [0.29, 0.717) is 0 Å². The lowest BCUT2D eigenvalue weighted by Crippen LogP contribution is -2.58. The normalized spacial score (nSPS) is 20.0. The van der Waals surface area contributed by atoms with Gasteiger partial charge < -0.3 is 14.8 Å². The smallest absolute Gasteiger partial charge is 0.408 e. The Bertz CT molecular complexity index is 666. The lowest BCUT2D eigenvalue weighted by molar-refractivity contribution is -0.174. The summed E-state index contributed by atoms with van der Waals surface area (Å²) in [6.07, 6.45) is -0.916. The SMILES string of the molecule is CC1OC(=O)C1NC(=O)OCc1ccc(-c2ccsc2)cc1. The fourth-order valence-corrected chi connectivity index (χ4v) is 2.82. The van der Waals surface area contributed by atoms with E-state index in [2.05, 4.69) is 16.8 Å². The molecular weight excluding hydrogens is 302 g/mol. The van der Waals surface area contributed by atoms with Crippen LogP contribution in [0.5, 0.6) is 0 Å². The second-order valence-corrected chi connectivity index (χ2v) is 5.83. The van der Waals surface area contributed by atoms with E-state index in [0.717, 1.165) is 11.1 Å². The van der Waals surface area contributed by atoms with Crippen LogP contribution in [0, 0.1) is 0 Å². The molecule has 1 saturated heterocycles. The zero-order valence-electron chi connectivity index (χ0n) is 11.9. The van der Waals surface area contributed by atoms with Crippen LogP contribution in [0.4, 0.5) is 4.79 Å². The van der Waals surface area contributed by atoms with Crippen LogP contribution < -0.4 is 5.32 Å². The second kappa shape index (κ2) is 6.19. The van der Waals surface area contributed by atoms with Crippen LogP contribution in [0.3, 0.4) is 0 Å². The van der Waals surface area contributed by atoms with Gasteiger partial charge in [0.15, 0.2) is 6.04 Å². The summed E-state index contributed by atoms with van der Waals surface area (Å²) in [5, 5.41) is 6.60. The molecule has 1 aromatic carbocycles. The summed E-state index contributed by atoms with van der Waals surface area (Å²) in [6.45, 7) is 1.88. The molecule has 2 heterocycles. The number of ether oxygens (including phenoxy) is 2. The fraction of sp³-hybridized carbons (Fsp3) is 0.250. The average molecular weight is 317 g/mol. The summed E-state index contributed by atoms with van der Waals surface area (Å²) < 4.78 is 9.86. The number of esters is 1. The molecule has 1 aromatic heterocycles. The molecular formula is C16H15NO4S. The second-order valence-electron chi connectivity index (χ2n) is 5.05. The van der Waals surface area contributed by atoms with Crippen molar-refractivity contribution in [1.82, 2.24) is 5.32 Å². The molecule has 3 rings (SSSR count). The number of cyclic esters (lactones) is 1. The zero-order valence-corrected chi connectivity index (χ0v) is 12.8. The van der Waals surface area contributed by atoms with Crippen LogP contribution in [0.15, 0.2) is 41.1 Å². The van der Waals surface area contributed by atoms with Gasteiger partial charge in [-0.05, 0) is 40.4 Å². The third kappa shape index (κ3) is 3.12. The maximum Gasteiger partial charge on any atom is 0.408 e. The van der Waals surface area contributed by atoms with Gasteiger partial charge in [-0.2, -0.15) is 11.3 Å². The molecule has 6 heteroatoms. The molecule has 2 atom stereocenters. The number of hydrogen-bond donors (Lipinski definition) is 1. The Morgan fingerprint density at radius 1 is 1.27 bits per heavy atom. The fourth-order valence-electron chi connectivity index (χ4n) is 2.16. The molecule has 1 fully saturated rings. The number of carbonyl (C=O) groups excluding carboxylic acids is 2. The van der Waals surface area contributed by atoms with Gasteiger partial charge in [-0.25, -0.2) is 9.59 Å². The number of benzene rings is 1. The van der Waals surface area contributed by atoms with Crippen molar-refractivity contribution in [2.75, 3.05) is 0 Å². The van der Waals surface area contributed by atoms with Crippen molar-refractivity contribution in [1.29, 1.82) is 0 Å². The van der Waals surface area contributed by atoms with Crippen molar-refractivity contribution < 1.29 is 19.1 Å². The number of carbonyl (C=O) groups is 2. The zero-order chi connectivity index (χ0) is 15.5. The minimum Gasteiger partial charge on any atom is -0.458 e. The molecule has 2 unspecified atom stereocenters. The Hall–Kier alpha value is -2.34. The first-order valence-corrected chi connectivity index (χ1v) is 7.83. The van der Waals surface area contributed by atoms with E-state index in [9.17, 15) is 9.59 Å². The number of thiophene rings is 1. The summed E-state index contributed by atoms with van der Waals surface area (Å²) in [4.78, 5) is 22.7. The maximum atomic E-state index is 11.6. The van der Waals surface area contributed by atoms with Gasteiger partial charge in [0.1, 0.15) is 12.7 Å². The molecule has 1 N–H and O–H groups in total. The van der Waals surface area contributed by atoms with E-state index >= 15 is 0 Å². The number of hydrogen-bond acceptors (Lipinski definition) is 5. The van der Waals surface area contributed by atoms with Crippen LogP contribution in [-0.2, 0) is 20.9 Å². The predicted octanol–water partition coefficient (Wildman–Crippen LogP) is 2.96. The van der Waals surface area contributed by atoms with E-state index in [1.165, 1.54) is 5.56 Å². The first-order chi connectivity index (χ1) is 10.6. The summed E-state index contributed by atoms with van der Waals surface area (Å²) in [5.41, 5.74) is 3.19. The van der Waals surface area contributed by atoms with E-state index in [1.54, 1.807) is 18.3 Å². The lowest BCUT2D eigenvalue weighted by Gasteiger charge is -2.32. The molecule has 0 bridgehead atoms. The molecule has 0 aliphatic carbocycles. The minimum atomic E-state index is -0.615. The highest BCUT2D eigenvalue weighted by Gasteiger charge is 2.40. The topological polar surface area (TPSA) is 64.6 Å². The summed E-state index contributed by atoms with van der Waals surface area (Å²) in [5.74, 6) is -0.426. The van der Waals surface area contributed by atoms with Gasteiger partial charge in [-0.15, -0.1) is 0 Å². The monoisotopic (exact) mass is 317 g/mol. The number of amides is 1. The van der Waals surface area contributed by atoms with Crippen molar-refractivity contribution in [2.45, 2.75) is 25.7 Å². The van der Waals surface area contributed by atoms with Crippen LogP contribution in [0.2, 0.25) is 0 Å². The largest absolute Gasteiger partial charge is 0.458 e. The first-order valence-electron chi connectivity index (χ1n) is 6.89. The molecule has 2 aromatic rings. The Balaban J connectivity index is 1.51. The van der Waals surface area contributed by atoms with Crippen molar-refractivity contribution >= 4 is 23.4 Å². The van der Waals surface area contributed by atoms with Gasteiger partial charge in [0.25, 0.3) is 0 Å². The van der Waals surface area contributed by atoms with Crippen molar-refractivity contribution in [3.63, 3.8) is 0 Å². The van der Waals surface area contributed by atoms with Gasteiger partial charge >= 0.3 is 12.1 Å². The van der Waals surface area contributed by atoms with Crippen LogP contribution in [-0.4, -0.2) is 24.2 Å². The third-order valence-electron chi connectivity index (χ3n) is 3.48. The van der Waals surface area contributed by atoms with Crippen molar-refractivity contribution in [3.05, 3.63) is 46.7 Å². The van der Waals surface area contributed by atoms with Gasteiger partial charge in [0.2, 0.25) is 0 Å². The van der Waals surface area contributed by atoms with E-state index < -0.39 is 18.1 Å². The predicted molar refractivity (Wildman–Crippen MR) is 82.4 cm³/mol. The van der Waals surface area contributed by atoms with E-state index in [4.69, 9.17) is 9.47 Å². The van der Waals surface area contributed by atoms with Crippen LogP contribution in [0.25, 0.3) is 11.1 Å². The highest BCUT2D eigenvalue weighted by Crippen LogP contribution is 2.22. The Labute approximate surface area is 131 Å². The number of alkyl carbamates (subject to hydrolysis) is 1. The summed E-state index contributed by atoms with van der Waals surface area (Å²) in [7, 11) is 0. The quantitative estimate of drug-likeness (QED) is 0.881. The third-order valence-corrected chi connectivity index (χ3v) is 4.16. The lowest BCUT2D eigenvalue weighted by atomic mass is 10.1. The van der Waals surface area contributed by atoms with Crippen LogP contribution >= 0.6 is 11.3 Å². The highest BCUT2D eigenvalue weighted by atomic mass is 32.1. The molecule has 5 nitrogen and oxygen atoms in total. The van der Waals surface area contributed by atoms with Gasteiger partial charge in [0.05, 0.1) is 0 Å². The Morgan fingerprint density at radius 2 is 2.05 bits per heavy atom. The van der Waals surface area contributed by atoms with Gasteiger partial charge in [-0.1, -0.05) is 24.3 Å². The van der Waals surface area contributed by atoms with E-state index in [1.807, 2.05) is 29.6 Å². The Kier molecular flexibility index (Phi) is 4.11. The number of rotatable bonds is 4. The molecule has 0 saturated carbocycles. The molecule has 1 amide bonds. The molecule has 1 aliphatic rings.